The Balaban J connectivity index is 2.05. The van der Waals surface area contributed by atoms with Crippen molar-refractivity contribution in [2.24, 2.45) is 0 Å². The van der Waals surface area contributed by atoms with Gasteiger partial charge in [0.15, 0.2) is 5.71 Å². The van der Waals surface area contributed by atoms with Crippen molar-refractivity contribution in [1.82, 2.24) is 5.32 Å². The van der Waals surface area contributed by atoms with Gasteiger partial charge in [-0.15, -0.1) is 0 Å². The largest absolute Gasteiger partial charge is 0.507 e. The molecule has 0 saturated carbocycles. The summed E-state index contributed by atoms with van der Waals surface area (Å²) in [5.74, 6) is 0.221. The molecule has 0 radical (unpaired) electrons. The number of nitrogens with one attached hydrogen (secondary N) is 1. The van der Waals surface area contributed by atoms with Crippen LogP contribution in [0.25, 0.3) is 6.08 Å². The third-order valence-electron chi connectivity index (χ3n) is 4.97. The average molecular weight is 378 g/mol. The van der Waals surface area contributed by atoms with Gasteiger partial charge in [-0.1, -0.05) is 36.4 Å². The predicted molar refractivity (Wildman–Crippen MR) is 114 cm³/mol. The molecule has 0 fully saturated rings. The molecule has 0 bridgehead atoms. The average Bonchev–Trinajstić information content (AvgIpc) is 2.80. The fraction of sp³-hybridized carbons (Fsp3) is 0.333. The maximum Gasteiger partial charge on any atom is 0.286 e. The Morgan fingerprint density at radius 3 is 2.39 bits per heavy atom. The number of para-hydroxylation sites is 2. The summed E-state index contributed by atoms with van der Waals surface area (Å²) in [5.41, 5.74) is 3.49. The predicted octanol–water partition coefficient (Wildman–Crippen LogP) is 4.40. The fourth-order valence-electron chi connectivity index (χ4n) is 3.71. The van der Waals surface area contributed by atoms with Crippen LogP contribution in [0.1, 0.15) is 45.7 Å². The van der Waals surface area contributed by atoms with E-state index < -0.39 is 0 Å². The number of aromatic hydroxyl groups is 1. The number of nitrogens with zero attached hydrogens (tertiary/aromatic N) is 1. The summed E-state index contributed by atoms with van der Waals surface area (Å²) in [5, 5.41) is 13.1. The summed E-state index contributed by atoms with van der Waals surface area (Å²) in [4.78, 5) is 12.7. The molecule has 28 heavy (non-hydrogen) atoms. The zero-order valence-corrected chi connectivity index (χ0v) is 17.3. The minimum Gasteiger partial charge on any atom is -0.507 e. The molecule has 4 heteroatoms. The molecule has 0 aromatic heterocycles. The number of benzene rings is 2. The lowest BCUT2D eigenvalue weighted by Crippen LogP contribution is -2.44. The van der Waals surface area contributed by atoms with Crippen molar-refractivity contribution < 1.29 is 14.5 Å². The number of amides is 1. The van der Waals surface area contributed by atoms with Gasteiger partial charge in [0.1, 0.15) is 5.75 Å². The van der Waals surface area contributed by atoms with Crippen LogP contribution in [-0.4, -0.2) is 33.4 Å². The first-order valence-electron chi connectivity index (χ1n) is 9.61. The van der Waals surface area contributed by atoms with Gasteiger partial charge in [0.2, 0.25) is 12.2 Å². The van der Waals surface area contributed by atoms with Crippen molar-refractivity contribution in [3.63, 3.8) is 0 Å². The Morgan fingerprint density at radius 2 is 1.71 bits per heavy atom. The standard InChI is InChI=1S/C24H28N2O2/c1-23(2,3)25-22(28)16-26-19-12-8-7-11-18(19)24(4,5)21(26)15-14-17-10-6-9-13-20(17)27/h6-15H,16H2,1-5H3,(H,25,28)/p+1. The topological polar surface area (TPSA) is 52.3 Å². The molecule has 2 aromatic carbocycles. The summed E-state index contributed by atoms with van der Waals surface area (Å²) in [6.07, 6.45) is 3.92. The molecule has 2 aromatic rings. The lowest BCUT2D eigenvalue weighted by Gasteiger charge is -2.19. The van der Waals surface area contributed by atoms with E-state index in [0.717, 1.165) is 17.0 Å². The van der Waals surface area contributed by atoms with Crippen LogP contribution in [0.15, 0.2) is 54.6 Å². The Labute approximate surface area is 167 Å². The second-order valence-electron chi connectivity index (χ2n) is 8.80. The normalized spacial score (nSPS) is 15.8. The van der Waals surface area contributed by atoms with Gasteiger partial charge in [-0.25, -0.2) is 0 Å². The number of carbonyl (C=O) groups excluding carboxylic acids is 1. The highest BCUT2D eigenvalue weighted by molar-refractivity contribution is 6.05. The van der Waals surface area contributed by atoms with E-state index in [1.165, 1.54) is 5.56 Å². The summed E-state index contributed by atoms with van der Waals surface area (Å²) in [7, 11) is 0. The van der Waals surface area contributed by atoms with Crippen LogP contribution < -0.4 is 5.32 Å². The van der Waals surface area contributed by atoms with E-state index in [1.54, 1.807) is 12.1 Å². The van der Waals surface area contributed by atoms with Crippen molar-refractivity contribution in [3.8, 4) is 5.75 Å². The van der Waals surface area contributed by atoms with E-state index in [-0.39, 0.29) is 29.2 Å². The molecule has 1 aliphatic heterocycles. The molecule has 3 rings (SSSR count). The van der Waals surface area contributed by atoms with Crippen molar-refractivity contribution in [1.29, 1.82) is 0 Å². The van der Waals surface area contributed by atoms with Gasteiger partial charge < -0.3 is 10.4 Å². The zero-order valence-electron chi connectivity index (χ0n) is 17.3. The molecule has 2 N–H and O–H groups in total. The number of phenolic OH excluding ortho intramolecular Hbond substituents is 1. The SMILES string of the molecule is CC(C)(C)NC(=O)C[N+]1=C(/C=C/c2ccccc2O)C(C)(C)c2ccccc21. The first-order chi connectivity index (χ1) is 13.1. The third-order valence-corrected chi connectivity index (χ3v) is 4.97. The first kappa shape index (κ1) is 19.9. The van der Waals surface area contributed by atoms with E-state index in [9.17, 15) is 9.90 Å². The number of fused-ring (bicyclic) bond motifs is 1. The number of carbonyl (C=O) groups is 1. The molecule has 0 spiro atoms. The molecule has 0 aliphatic carbocycles. The van der Waals surface area contributed by atoms with Crippen molar-refractivity contribution in [2.75, 3.05) is 6.54 Å². The first-order valence-corrected chi connectivity index (χ1v) is 9.61. The maximum absolute atomic E-state index is 12.7. The number of phenols is 1. The van der Waals surface area contributed by atoms with Crippen LogP contribution in [0.4, 0.5) is 5.69 Å². The van der Waals surface area contributed by atoms with Crippen LogP contribution in [0.5, 0.6) is 5.75 Å². The summed E-state index contributed by atoms with van der Waals surface area (Å²) in [6.45, 7) is 10.5. The lowest BCUT2D eigenvalue weighted by molar-refractivity contribution is -0.425. The number of rotatable bonds is 4. The lowest BCUT2D eigenvalue weighted by atomic mass is 9.81. The second-order valence-corrected chi connectivity index (χ2v) is 8.80. The van der Waals surface area contributed by atoms with Crippen molar-refractivity contribution >= 4 is 23.4 Å². The molecule has 0 unspecified atom stereocenters. The molecule has 4 nitrogen and oxygen atoms in total. The number of allylic oxidation sites excluding steroid dienone is 1. The van der Waals surface area contributed by atoms with E-state index in [1.807, 2.05) is 57.2 Å². The Morgan fingerprint density at radius 1 is 1.07 bits per heavy atom. The van der Waals surface area contributed by atoms with Crippen LogP contribution in [0, 0.1) is 0 Å². The van der Waals surface area contributed by atoms with Crippen molar-refractivity contribution in [2.45, 2.75) is 45.6 Å². The van der Waals surface area contributed by atoms with E-state index in [4.69, 9.17) is 0 Å². The Hall–Kier alpha value is -2.88. The number of hydrogen-bond donors (Lipinski definition) is 2. The fourth-order valence-corrected chi connectivity index (χ4v) is 3.71. The highest BCUT2D eigenvalue weighted by atomic mass is 16.3. The van der Waals surface area contributed by atoms with Gasteiger partial charge in [0.25, 0.3) is 5.91 Å². The summed E-state index contributed by atoms with van der Waals surface area (Å²) >= 11 is 0. The van der Waals surface area contributed by atoms with Gasteiger partial charge in [0, 0.05) is 28.8 Å². The quantitative estimate of drug-likeness (QED) is 0.776. The minimum atomic E-state index is -0.280. The van der Waals surface area contributed by atoms with Gasteiger partial charge in [-0.2, -0.15) is 4.58 Å². The molecule has 1 aliphatic rings. The van der Waals surface area contributed by atoms with Gasteiger partial charge in [-0.05, 0) is 46.8 Å². The molecule has 146 valence electrons. The minimum absolute atomic E-state index is 0.0199. The molecule has 0 saturated heterocycles. The zero-order chi connectivity index (χ0) is 20.5. The van der Waals surface area contributed by atoms with Crippen molar-refractivity contribution in [3.05, 3.63) is 65.7 Å². The van der Waals surface area contributed by atoms with Gasteiger partial charge >= 0.3 is 0 Å². The Bertz CT molecular complexity index is 963. The molecular formula is C24H29N2O2+. The summed E-state index contributed by atoms with van der Waals surface area (Å²) < 4.78 is 2.08. The monoisotopic (exact) mass is 377 g/mol. The molecular weight excluding hydrogens is 348 g/mol. The molecule has 0 atom stereocenters. The van der Waals surface area contributed by atoms with Gasteiger partial charge in [-0.3, -0.25) is 4.79 Å². The van der Waals surface area contributed by atoms with Crippen LogP contribution in [0.2, 0.25) is 0 Å². The second kappa shape index (κ2) is 7.27. The van der Waals surface area contributed by atoms with Crippen LogP contribution >= 0.6 is 0 Å². The highest BCUT2D eigenvalue weighted by Gasteiger charge is 2.44. The van der Waals surface area contributed by atoms with E-state index in [0.29, 0.717) is 0 Å². The van der Waals surface area contributed by atoms with Crippen LogP contribution in [0.3, 0.4) is 0 Å². The van der Waals surface area contributed by atoms with E-state index in [2.05, 4.69) is 35.9 Å². The van der Waals surface area contributed by atoms with Gasteiger partial charge in [0.05, 0.1) is 5.41 Å². The Kier molecular flexibility index (Phi) is 5.16. The van der Waals surface area contributed by atoms with E-state index >= 15 is 0 Å². The maximum atomic E-state index is 12.7. The molecule has 1 amide bonds. The highest BCUT2D eigenvalue weighted by Crippen LogP contribution is 2.40. The molecule has 1 heterocycles. The summed E-state index contributed by atoms with van der Waals surface area (Å²) in [6, 6.07) is 15.5. The number of hydrogen-bond acceptors (Lipinski definition) is 2. The van der Waals surface area contributed by atoms with Crippen LogP contribution in [-0.2, 0) is 10.2 Å². The third kappa shape index (κ3) is 4.01. The smallest absolute Gasteiger partial charge is 0.286 e.